The normalized spacial score (nSPS) is 17.1. The molecule has 3 aliphatic carbocycles. The third-order valence-electron chi connectivity index (χ3n) is 20.3. The fraction of sp³-hybridized carbons (Fsp3) is 0.138. The van der Waals surface area contributed by atoms with Crippen LogP contribution in [0.4, 0.5) is 0 Å². The Bertz CT molecular complexity index is 5140. The molecule has 0 fully saturated rings. The van der Waals surface area contributed by atoms with Crippen molar-refractivity contribution >= 4 is 0 Å². The Hall–Kier alpha value is -11.2. The molecule has 7 nitrogen and oxygen atoms in total. The fourth-order valence-corrected chi connectivity index (χ4v) is 15.3. The summed E-state index contributed by atoms with van der Waals surface area (Å²) >= 11 is 0. The molecule has 0 aliphatic heterocycles. The largest absolute Gasteiger partial charge is 0.261 e. The van der Waals surface area contributed by atoms with Gasteiger partial charge in [0.25, 0.3) is 0 Å². The molecule has 0 amide bonds. The van der Waals surface area contributed by atoms with Gasteiger partial charge >= 0.3 is 0 Å². The van der Waals surface area contributed by atoms with Crippen LogP contribution in [0, 0.1) is 26.2 Å². The maximum Gasteiger partial charge on any atom is 0.160 e. The molecule has 9 aromatic carbocycles. The second kappa shape index (κ2) is 22.9. The average molecular weight is 1210 g/mol. The van der Waals surface area contributed by atoms with Gasteiger partial charge < -0.3 is 0 Å². The molecule has 0 spiro atoms. The van der Waals surface area contributed by atoms with Gasteiger partial charge in [-0.25, -0.2) is 29.9 Å². The molecule has 94 heavy (non-hydrogen) atoms. The number of rotatable bonds is 12. The number of pyridine rings is 1. The summed E-state index contributed by atoms with van der Waals surface area (Å²) in [6.45, 7) is 15.7. The molecule has 0 saturated carbocycles. The minimum absolute atomic E-state index is 0.109. The van der Waals surface area contributed by atoms with E-state index in [2.05, 4.69) is 277 Å². The van der Waals surface area contributed by atoms with Gasteiger partial charge in [0, 0.05) is 89.9 Å². The maximum atomic E-state index is 5.56. The van der Waals surface area contributed by atoms with E-state index in [9.17, 15) is 0 Å². The van der Waals surface area contributed by atoms with Crippen molar-refractivity contribution in [2.24, 2.45) is 5.41 Å². The molecule has 7 heteroatoms. The maximum absolute atomic E-state index is 5.56. The third kappa shape index (κ3) is 10.2. The molecule has 4 aromatic heterocycles. The van der Waals surface area contributed by atoms with Crippen LogP contribution in [0.25, 0.3) is 124 Å². The van der Waals surface area contributed by atoms with Gasteiger partial charge in [-0.3, -0.25) is 4.98 Å². The van der Waals surface area contributed by atoms with E-state index in [1.807, 2.05) is 44.3 Å². The predicted molar refractivity (Wildman–Crippen MR) is 384 cm³/mol. The minimum atomic E-state index is -0.306. The summed E-state index contributed by atoms with van der Waals surface area (Å²) in [7, 11) is 0. The van der Waals surface area contributed by atoms with Crippen molar-refractivity contribution < 1.29 is 0 Å². The number of nitrogens with zero attached hydrogens (tertiary/aromatic N) is 7. The van der Waals surface area contributed by atoms with Crippen LogP contribution in [-0.2, 0) is 17.3 Å². The van der Waals surface area contributed by atoms with Gasteiger partial charge in [0.1, 0.15) is 0 Å². The van der Waals surface area contributed by atoms with E-state index in [0.717, 1.165) is 119 Å². The molecule has 452 valence electrons. The number of allylic oxidation sites excluding steroid dienone is 4. The summed E-state index contributed by atoms with van der Waals surface area (Å²) in [5.41, 5.74) is 28.1. The topological polar surface area (TPSA) is 90.2 Å². The smallest absolute Gasteiger partial charge is 0.160 e. The molecule has 0 radical (unpaired) electrons. The van der Waals surface area contributed by atoms with E-state index in [4.69, 9.17) is 34.9 Å². The Morgan fingerprint density at radius 1 is 0.340 bits per heavy atom. The number of hydrogen-bond donors (Lipinski definition) is 0. The quantitative estimate of drug-likeness (QED) is 0.120. The van der Waals surface area contributed by atoms with Gasteiger partial charge in [-0.05, 0) is 167 Å². The van der Waals surface area contributed by atoms with Crippen LogP contribution < -0.4 is 0 Å². The molecule has 4 heterocycles. The van der Waals surface area contributed by atoms with Crippen LogP contribution >= 0.6 is 0 Å². The monoisotopic (exact) mass is 1210 g/mol. The second-order valence-electron chi connectivity index (χ2n) is 26.7. The molecule has 3 unspecified atom stereocenters. The lowest BCUT2D eigenvalue weighted by Gasteiger charge is -2.44. The zero-order chi connectivity index (χ0) is 63.9. The first-order valence-corrected chi connectivity index (χ1v) is 32.6. The molecule has 0 bridgehead atoms. The molecule has 3 atom stereocenters. The molecule has 16 rings (SSSR count). The summed E-state index contributed by atoms with van der Waals surface area (Å²) in [5, 5.41) is 0. The highest BCUT2D eigenvalue weighted by Crippen LogP contribution is 2.63. The first-order valence-electron chi connectivity index (χ1n) is 32.6. The second-order valence-corrected chi connectivity index (χ2v) is 26.7. The van der Waals surface area contributed by atoms with Crippen molar-refractivity contribution in [3.05, 3.63) is 318 Å². The van der Waals surface area contributed by atoms with Crippen LogP contribution in [0.3, 0.4) is 0 Å². The summed E-state index contributed by atoms with van der Waals surface area (Å²) in [6.07, 6.45) is 12.0. The van der Waals surface area contributed by atoms with Crippen LogP contribution in [-0.4, -0.2) is 34.9 Å². The summed E-state index contributed by atoms with van der Waals surface area (Å²) in [4.78, 5) is 36.4. The predicted octanol–water partition coefficient (Wildman–Crippen LogP) is 21.1. The van der Waals surface area contributed by atoms with Crippen LogP contribution in [0.2, 0.25) is 0 Å². The lowest BCUT2D eigenvalue weighted by molar-refractivity contribution is 0.221. The van der Waals surface area contributed by atoms with Crippen molar-refractivity contribution in [2.45, 2.75) is 71.6 Å². The molecular formula is C87H69N7. The molecule has 13 aromatic rings. The third-order valence-corrected chi connectivity index (χ3v) is 20.3. The summed E-state index contributed by atoms with van der Waals surface area (Å²) < 4.78 is 0. The van der Waals surface area contributed by atoms with E-state index in [0.29, 0.717) is 17.5 Å². The van der Waals surface area contributed by atoms with E-state index < -0.39 is 0 Å². The first-order chi connectivity index (χ1) is 45.7. The highest BCUT2D eigenvalue weighted by molar-refractivity contribution is 5.88. The lowest BCUT2D eigenvalue weighted by atomic mass is 9.59. The van der Waals surface area contributed by atoms with E-state index in [1.165, 1.54) is 38.9 Å². The number of hydrogen-bond acceptors (Lipinski definition) is 7. The molecule has 0 saturated heterocycles. The van der Waals surface area contributed by atoms with Gasteiger partial charge in [0.15, 0.2) is 17.5 Å². The number of aromatic nitrogens is 7. The van der Waals surface area contributed by atoms with E-state index >= 15 is 0 Å². The summed E-state index contributed by atoms with van der Waals surface area (Å²) in [5.74, 6) is 2.10. The first kappa shape index (κ1) is 58.0. The Labute approximate surface area is 550 Å². The highest BCUT2D eigenvalue weighted by atomic mass is 14.9. The minimum Gasteiger partial charge on any atom is -0.261 e. The molecular weight excluding hydrogens is 1140 g/mol. The Kier molecular flexibility index (Phi) is 14.1. The zero-order valence-corrected chi connectivity index (χ0v) is 53.9. The number of aryl methyl sites for hydroxylation is 3. The fourth-order valence-electron chi connectivity index (χ4n) is 15.3. The number of fused-ring (bicyclic) bond motifs is 6. The average Bonchev–Trinajstić information content (AvgIpc) is 1.54. The van der Waals surface area contributed by atoms with Crippen molar-refractivity contribution in [3.8, 4) is 124 Å². The van der Waals surface area contributed by atoms with Crippen LogP contribution in [0.5, 0.6) is 0 Å². The molecule has 3 aliphatic rings. The lowest BCUT2D eigenvalue weighted by Crippen LogP contribution is -2.40. The van der Waals surface area contributed by atoms with Gasteiger partial charge in [-0.2, -0.15) is 0 Å². The Morgan fingerprint density at radius 2 is 0.830 bits per heavy atom. The van der Waals surface area contributed by atoms with Crippen molar-refractivity contribution in [3.63, 3.8) is 0 Å². The zero-order valence-electron chi connectivity index (χ0n) is 53.9. The van der Waals surface area contributed by atoms with Gasteiger partial charge in [0.2, 0.25) is 0 Å². The van der Waals surface area contributed by atoms with Crippen molar-refractivity contribution in [2.75, 3.05) is 0 Å². The van der Waals surface area contributed by atoms with Crippen molar-refractivity contribution in [1.29, 1.82) is 0 Å². The molecule has 0 N–H and O–H groups in total. The van der Waals surface area contributed by atoms with Gasteiger partial charge in [-0.1, -0.05) is 222 Å². The van der Waals surface area contributed by atoms with Crippen LogP contribution in [0.1, 0.15) is 78.5 Å². The highest BCUT2D eigenvalue weighted by Gasteiger charge is 2.56. The Morgan fingerprint density at radius 3 is 1.44 bits per heavy atom. The standard InChI is InChI=1S/C87H69N7/c1-54-41-55(2)90-82(89-54)68-45-65(61-35-37-75-72(49-61)71-31-17-18-33-74(71)85(75,4)5)46-69(48-68)84-93-80(60-28-15-10-16-29-60)52-81(94-84)63-30-21-23-57(42-63)53-87(7)77-38-36-62(50-73(77)76-34-19-20-39-86(76,87)6)64-43-66(70-32-22-40-88-56(70)3)47-67(44-64)83-91-78(58-24-11-8-12-25-58)51-79(92-83)59-26-13-9-14-27-59/h8-52,76H,53H2,1-7H3. The van der Waals surface area contributed by atoms with Crippen molar-refractivity contribution in [1.82, 2.24) is 34.9 Å². The van der Waals surface area contributed by atoms with E-state index in [1.54, 1.807) is 0 Å². The van der Waals surface area contributed by atoms with Gasteiger partial charge in [0.05, 0.1) is 22.8 Å². The van der Waals surface area contributed by atoms with Gasteiger partial charge in [-0.15, -0.1) is 0 Å². The Balaban J connectivity index is 0.795. The SMILES string of the molecule is Cc1cc(C)nc(-c2cc(-c3ccc4c(c3)-c3ccccc3C4(C)C)cc(-c3nc(-c4ccccc4)cc(-c4cccc(CC5(C)c6ccc(-c7cc(-c8nc(-c9ccccc9)cc(-c9ccccc9)n8)cc(-c8cccnc8C)c7)cc6C6C=CC=CC65C)c4)n3)c2)n1. The van der Waals surface area contributed by atoms with Crippen LogP contribution in [0.15, 0.2) is 273 Å². The number of benzene rings is 9. The summed E-state index contributed by atoms with van der Waals surface area (Å²) in [6, 6.07) is 87.2. The van der Waals surface area contributed by atoms with E-state index in [-0.39, 0.29) is 22.2 Å².